The number of amides is 1. The zero-order valence-corrected chi connectivity index (χ0v) is 6.50. The first-order valence-electron chi connectivity index (χ1n) is 3.61. The third-order valence-electron chi connectivity index (χ3n) is 1.65. The molecule has 0 aromatic heterocycles. The number of carbonyl (C=O) groups excluding carboxylic acids is 2. The van der Waals surface area contributed by atoms with E-state index in [4.69, 9.17) is 6.42 Å². The van der Waals surface area contributed by atoms with E-state index >= 15 is 0 Å². The molecule has 0 radical (unpaired) electrons. The third-order valence-corrected chi connectivity index (χ3v) is 1.65. The Morgan fingerprint density at radius 1 is 1.75 bits per heavy atom. The summed E-state index contributed by atoms with van der Waals surface area (Å²) in [7, 11) is 0. The lowest BCUT2D eigenvalue weighted by Gasteiger charge is -2.21. The summed E-state index contributed by atoms with van der Waals surface area (Å²) in [6, 6.07) is 0. The number of hydrogen-bond acceptors (Lipinski definition) is 3. The van der Waals surface area contributed by atoms with Crippen molar-refractivity contribution in [3.63, 3.8) is 0 Å². The summed E-state index contributed by atoms with van der Waals surface area (Å²) in [6.07, 6.45) is 5.53. The van der Waals surface area contributed by atoms with Gasteiger partial charge in [-0.2, -0.15) is 0 Å². The maximum Gasteiger partial charge on any atom is 0.247 e. The number of Topliss-reactive ketones (excluding diaryl/α,β-unsaturated/α-hetero) is 1. The summed E-state index contributed by atoms with van der Waals surface area (Å²) in [6.45, 7) is 0.0480. The Labute approximate surface area is 70.2 Å². The van der Waals surface area contributed by atoms with Crippen molar-refractivity contribution in [2.24, 2.45) is 5.92 Å². The van der Waals surface area contributed by atoms with Crippen molar-refractivity contribution in [1.29, 1.82) is 0 Å². The highest BCUT2D eigenvalue weighted by Gasteiger charge is 2.32. The van der Waals surface area contributed by atoms with Gasteiger partial charge in [-0.15, -0.1) is 6.42 Å². The predicted molar refractivity (Wildman–Crippen MR) is 40.7 cm³/mol. The van der Waals surface area contributed by atoms with Gasteiger partial charge < -0.3 is 0 Å². The fraction of sp³-hybridized carbons (Fsp3) is 0.500. The average Bonchev–Trinajstić information content (AvgIpc) is 1.99. The number of rotatable bonds is 3. The molecule has 1 saturated carbocycles. The molecule has 0 unspecified atom stereocenters. The van der Waals surface area contributed by atoms with Crippen LogP contribution in [0, 0.1) is 18.3 Å². The molecule has 1 rings (SSSR count). The molecule has 12 heavy (non-hydrogen) atoms. The van der Waals surface area contributed by atoms with Crippen LogP contribution < -0.4 is 5.48 Å². The highest BCUT2D eigenvalue weighted by atomic mass is 16.6. The SMILES string of the molecule is C#CCONC(=O)C1CC(=O)C1. The second-order valence-corrected chi connectivity index (χ2v) is 2.60. The smallest absolute Gasteiger partial charge is 0.247 e. The summed E-state index contributed by atoms with van der Waals surface area (Å²) in [5.74, 6) is 1.85. The van der Waals surface area contributed by atoms with E-state index in [0.717, 1.165) is 0 Å². The number of ketones is 1. The first-order chi connectivity index (χ1) is 5.74. The molecule has 64 valence electrons. The van der Waals surface area contributed by atoms with E-state index < -0.39 is 0 Å². The van der Waals surface area contributed by atoms with E-state index in [0.29, 0.717) is 12.8 Å². The Morgan fingerprint density at radius 3 is 2.92 bits per heavy atom. The van der Waals surface area contributed by atoms with Crippen molar-refractivity contribution in [2.75, 3.05) is 6.61 Å². The van der Waals surface area contributed by atoms with Gasteiger partial charge in [0, 0.05) is 12.8 Å². The Morgan fingerprint density at radius 2 is 2.42 bits per heavy atom. The fourth-order valence-electron chi connectivity index (χ4n) is 0.907. The van der Waals surface area contributed by atoms with Gasteiger partial charge in [0.1, 0.15) is 12.4 Å². The highest BCUT2D eigenvalue weighted by Crippen LogP contribution is 2.22. The van der Waals surface area contributed by atoms with Crippen molar-refractivity contribution < 1.29 is 14.4 Å². The maximum atomic E-state index is 11.0. The topological polar surface area (TPSA) is 55.4 Å². The second-order valence-electron chi connectivity index (χ2n) is 2.60. The second kappa shape index (κ2) is 3.88. The van der Waals surface area contributed by atoms with Gasteiger partial charge in [0.05, 0.1) is 5.92 Å². The van der Waals surface area contributed by atoms with Gasteiger partial charge in [-0.25, -0.2) is 5.48 Å². The molecule has 4 heteroatoms. The Hall–Kier alpha value is -1.34. The van der Waals surface area contributed by atoms with Crippen LogP contribution in [0.4, 0.5) is 0 Å². The summed E-state index contributed by atoms with van der Waals surface area (Å²) < 4.78 is 0. The van der Waals surface area contributed by atoms with E-state index in [1.807, 2.05) is 0 Å². The van der Waals surface area contributed by atoms with Crippen LogP contribution in [0.5, 0.6) is 0 Å². The molecular formula is C8H9NO3. The maximum absolute atomic E-state index is 11.0. The largest absolute Gasteiger partial charge is 0.300 e. The van der Waals surface area contributed by atoms with Crippen LogP contribution >= 0.6 is 0 Å². The third kappa shape index (κ3) is 2.07. The van der Waals surface area contributed by atoms with Crippen LogP contribution in [0.3, 0.4) is 0 Å². The Bertz CT molecular complexity index is 233. The van der Waals surface area contributed by atoms with Gasteiger partial charge in [-0.3, -0.25) is 14.4 Å². The molecule has 1 aliphatic rings. The van der Waals surface area contributed by atoms with Crippen molar-refractivity contribution in [3.05, 3.63) is 0 Å². The van der Waals surface area contributed by atoms with Crippen LogP contribution in [-0.2, 0) is 14.4 Å². The molecule has 0 bridgehead atoms. The standard InChI is InChI=1S/C8H9NO3/c1-2-3-12-9-8(11)6-4-7(10)5-6/h1,6H,3-5H2,(H,9,11). The Kier molecular flexibility index (Phi) is 2.83. The van der Waals surface area contributed by atoms with Crippen LogP contribution in [-0.4, -0.2) is 18.3 Å². The van der Waals surface area contributed by atoms with Gasteiger partial charge in [0.2, 0.25) is 5.91 Å². The molecule has 0 aliphatic heterocycles. The first kappa shape index (κ1) is 8.75. The number of terminal acetylenes is 1. The van der Waals surface area contributed by atoms with Crippen LogP contribution in [0.15, 0.2) is 0 Å². The van der Waals surface area contributed by atoms with Crippen molar-refractivity contribution in [3.8, 4) is 12.3 Å². The van der Waals surface area contributed by atoms with Crippen molar-refractivity contribution in [2.45, 2.75) is 12.8 Å². The molecule has 0 heterocycles. The minimum atomic E-state index is -0.259. The monoisotopic (exact) mass is 167 g/mol. The number of carbonyl (C=O) groups is 2. The number of hydroxylamine groups is 1. The van der Waals surface area contributed by atoms with E-state index in [-0.39, 0.29) is 24.2 Å². The minimum absolute atomic E-state index is 0.0480. The van der Waals surface area contributed by atoms with E-state index in [9.17, 15) is 9.59 Å². The van der Waals surface area contributed by atoms with E-state index in [1.54, 1.807) is 0 Å². The zero-order chi connectivity index (χ0) is 8.97. The molecule has 1 N–H and O–H groups in total. The molecule has 1 fully saturated rings. The molecule has 1 aliphatic carbocycles. The lowest BCUT2D eigenvalue weighted by atomic mass is 9.84. The quantitative estimate of drug-likeness (QED) is 0.355. The zero-order valence-electron chi connectivity index (χ0n) is 6.50. The van der Waals surface area contributed by atoms with E-state index in [2.05, 4.69) is 16.2 Å². The Balaban J connectivity index is 2.13. The molecule has 4 nitrogen and oxygen atoms in total. The fourth-order valence-corrected chi connectivity index (χ4v) is 0.907. The molecule has 0 atom stereocenters. The predicted octanol–water partition coefficient (Wildman–Crippen LogP) is -0.353. The molecule has 0 saturated heterocycles. The van der Waals surface area contributed by atoms with Gasteiger partial charge in [-0.05, 0) is 0 Å². The highest BCUT2D eigenvalue weighted by molar-refractivity contribution is 5.95. The normalized spacial score (nSPS) is 16.4. The molecule has 0 aromatic rings. The number of hydrogen-bond donors (Lipinski definition) is 1. The van der Waals surface area contributed by atoms with Crippen LogP contribution in [0.25, 0.3) is 0 Å². The van der Waals surface area contributed by atoms with Gasteiger partial charge in [0.15, 0.2) is 0 Å². The van der Waals surface area contributed by atoms with Crippen LogP contribution in [0.1, 0.15) is 12.8 Å². The van der Waals surface area contributed by atoms with Crippen molar-refractivity contribution in [1.82, 2.24) is 5.48 Å². The summed E-state index contributed by atoms with van der Waals surface area (Å²) in [4.78, 5) is 26.1. The minimum Gasteiger partial charge on any atom is -0.300 e. The summed E-state index contributed by atoms with van der Waals surface area (Å²) >= 11 is 0. The van der Waals surface area contributed by atoms with Gasteiger partial charge in [0.25, 0.3) is 0 Å². The summed E-state index contributed by atoms with van der Waals surface area (Å²) in [5, 5.41) is 0. The number of nitrogens with one attached hydrogen (secondary N) is 1. The van der Waals surface area contributed by atoms with Gasteiger partial charge >= 0.3 is 0 Å². The van der Waals surface area contributed by atoms with E-state index in [1.165, 1.54) is 0 Å². The van der Waals surface area contributed by atoms with Gasteiger partial charge in [-0.1, -0.05) is 5.92 Å². The van der Waals surface area contributed by atoms with Crippen LogP contribution in [0.2, 0.25) is 0 Å². The molecule has 0 aromatic carbocycles. The first-order valence-corrected chi connectivity index (χ1v) is 3.61. The molecule has 1 amide bonds. The average molecular weight is 167 g/mol. The van der Waals surface area contributed by atoms with Crippen molar-refractivity contribution >= 4 is 11.7 Å². The molecular weight excluding hydrogens is 158 g/mol. The lowest BCUT2D eigenvalue weighted by Crippen LogP contribution is -2.38. The summed E-state index contributed by atoms with van der Waals surface area (Å²) in [5.41, 5.74) is 2.17. The lowest BCUT2D eigenvalue weighted by molar-refractivity contribution is -0.145. The molecule has 0 spiro atoms.